The van der Waals surface area contributed by atoms with Crippen molar-refractivity contribution in [1.29, 1.82) is 0 Å². The Kier molecular flexibility index (Phi) is 7.18. The van der Waals surface area contributed by atoms with Crippen LogP contribution in [0.2, 0.25) is 0 Å². The molecule has 8 nitrogen and oxygen atoms in total. The van der Waals surface area contributed by atoms with E-state index >= 15 is 0 Å². The molecule has 2 aromatic rings. The summed E-state index contributed by atoms with van der Waals surface area (Å²) in [5.41, 5.74) is -5.57. The number of nitrogens with zero attached hydrogens (tertiary/aromatic N) is 3. The lowest BCUT2D eigenvalue weighted by Gasteiger charge is -2.26. The van der Waals surface area contributed by atoms with Gasteiger partial charge in [0.1, 0.15) is 11.4 Å². The quantitative estimate of drug-likeness (QED) is 0.498. The van der Waals surface area contributed by atoms with Gasteiger partial charge in [-0.15, -0.1) is 0 Å². The van der Waals surface area contributed by atoms with Crippen LogP contribution >= 0.6 is 0 Å². The fourth-order valence-corrected chi connectivity index (χ4v) is 3.65. The number of anilines is 2. The topological polar surface area (TPSA) is 85.3 Å². The molecule has 0 saturated carbocycles. The van der Waals surface area contributed by atoms with E-state index in [-0.39, 0.29) is 36.7 Å². The summed E-state index contributed by atoms with van der Waals surface area (Å²) in [4.78, 5) is 27.4. The van der Waals surface area contributed by atoms with E-state index in [1.165, 1.54) is 7.05 Å². The fourth-order valence-electron chi connectivity index (χ4n) is 3.65. The van der Waals surface area contributed by atoms with Gasteiger partial charge in [0.05, 0.1) is 17.4 Å². The van der Waals surface area contributed by atoms with Crippen molar-refractivity contribution < 1.29 is 54.3 Å². The van der Waals surface area contributed by atoms with E-state index < -0.39 is 78.2 Å². The van der Waals surface area contributed by atoms with Crippen molar-refractivity contribution in [2.45, 2.75) is 18.5 Å². The third-order valence-corrected chi connectivity index (χ3v) is 5.42. The molecule has 1 atom stereocenters. The minimum Gasteiger partial charge on any atom is -0.407 e. The highest BCUT2D eigenvalue weighted by atomic mass is 19.4. The van der Waals surface area contributed by atoms with E-state index in [4.69, 9.17) is 8.85 Å². The first-order valence-electron chi connectivity index (χ1n) is 12.3. The molecule has 1 aliphatic rings. The number of ether oxygens (including phenoxy) is 1. The maximum Gasteiger partial charge on any atom is 0.420 e. The van der Waals surface area contributed by atoms with Crippen molar-refractivity contribution in [1.82, 2.24) is 10.2 Å². The molecule has 0 aromatic heterocycles. The standard InChI is InChI=1S/C23H23F7N4O4/c1-31-11-16(35)12-33-7-8-34(20(33)36)18-10-13(22(25,26)27)9-17(23(28,29)30)19(18)38-21(37)32(2)15-5-3-14(24)4-6-15/h3-6,9-10,16,31,35H,7-8,11-12H2,1-2H3/i2D3. The van der Waals surface area contributed by atoms with Crippen LogP contribution in [0, 0.1) is 5.82 Å². The van der Waals surface area contributed by atoms with Crippen molar-refractivity contribution in [3.8, 4) is 5.75 Å². The number of aliphatic hydroxyl groups excluding tert-OH is 1. The number of carbonyl (C=O) groups is 2. The molecule has 1 heterocycles. The number of urea groups is 1. The zero-order valence-corrected chi connectivity index (χ0v) is 19.5. The van der Waals surface area contributed by atoms with Crippen molar-refractivity contribution >= 4 is 23.5 Å². The Morgan fingerprint density at radius 2 is 1.82 bits per heavy atom. The Bertz CT molecular complexity index is 1270. The lowest BCUT2D eigenvalue weighted by Crippen LogP contribution is -2.40. The monoisotopic (exact) mass is 555 g/mol. The number of hydrogen-bond donors (Lipinski definition) is 2. The summed E-state index contributed by atoms with van der Waals surface area (Å²) in [6.07, 6.45) is -14.0. The molecule has 2 N–H and O–H groups in total. The largest absolute Gasteiger partial charge is 0.420 e. The first-order chi connectivity index (χ1) is 18.8. The smallest absolute Gasteiger partial charge is 0.407 e. The van der Waals surface area contributed by atoms with Gasteiger partial charge in [0.15, 0.2) is 5.75 Å². The van der Waals surface area contributed by atoms with Crippen LogP contribution in [0.5, 0.6) is 5.75 Å². The van der Waals surface area contributed by atoms with Crippen molar-refractivity contribution in [3.05, 3.63) is 53.3 Å². The molecule has 15 heteroatoms. The molecule has 1 fully saturated rings. The van der Waals surface area contributed by atoms with E-state index in [1.807, 2.05) is 0 Å². The second-order valence-corrected chi connectivity index (χ2v) is 8.14. The van der Waals surface area contributed by atoms with E-state index in [2.05, 4.69) is 5.32 Å². The molecule has 38 heavy (non-hydrogen) atoms. The summed E-state index contributed by atoms with van der Waals surface area (Å²) < 4.78 is 124. The zero-order chi connectivity index (χ0) is 30.9. The SMILES string of the molecule is [2H]C([2H])([2H])N(C(=O)Oc1c(N2CCN(CC(O)CNC)C2=O)cc(C(F)(F)F)cc1C(F)(F)F)c1ccc(F)cc1. The Labute approximate surface area is 216 Å². The van der Waals surface area contributed by atoms with Gasteiger partial charge in [0.25, 0.3) is 0 Å². The predicted octanol–water partition coefficient (Wildman–Crippen LogP) is 4.32. The highest BCUT2D eigenvalue weighted by molar-refractivity contribution is 5.97. The maximum atomic E-state index is 14.1. The first-order valence-corrected chi connectivity index (χ1v) is 10.8. The number of rotatable bonds is 7. The molecule has 0 aliphatic carbocycles. The number of alkyl halides is 6. The average Bonchev–Trinajstić information content (AvgIpc) is 3.18. The van der Waals surface area contributed by atoms with Gasteiger partial charge in [-0.1, -0.05) is 0 Å². The number of likely N-dealkylation sites (N-methyl/N-ethyl adjacent to an activating group) is 1. The van der Waals surface area contributed by atoms with Gasteiger partial charge in [0, 0.05) is 43.0 Å². The third-order valence-electron chi connectivity index (χ3n) is 5.42. The van der Waals surface area contributed by atoms with E-state index in [1.54, 1.807) is 0 Å². The molecule has 0 spiro atoms. The number of amides is 3. The number of benzene rings is 2. The van der Waals surface area contributed by atoms with Crippen molar-refractivity contribution in [2.24, 2.45) is 0 Å². The molecule has 0 radical (unpaired) electrons. The van der Waals surface area contributed by atoms with Gasteiger partial charge in [-0.05, 0) is 43.4 Å². The van der Waals surface area contributed by atoms with Crippen LogP contribution in [0.3, 0.4) is 0 Å². The summed E-state index contributed by atoms with van der Waals surface area (Å²) >= 11 is 0. The number of β-amino-alcohol motifs (C(OH)–C–C–N with tert-alkyl or cyclic N) is 1. The second kappa shape index (κ2) is 11.0. The van der Waals surface area contributed by atoms with Crippen LogP contribution in [0.15, 0.2) is 36.4 Å². The molecule has 3 rings (SSSR count). The number of nitrogens with one attached hydrogen (secondary N) is 1. The van der Waals surface area contributed by atoms with Crippen LogP contribution in [-0.2, 0) is 12.4 Å². The molecule has 0 bridgehead atoms. The van der Waals surface area contributed by atoms with Gasteiger partial charge < -0.3 is 20.1 Å². The average molecular weight is 555 g/mol. The number of carbonyl (C=O) groups excluding carboxylic acids is 2. The van der Waals surface area contributed by atoms with Gasteiger partial charge in [-0.2, -0.15) is 26.3 Å². The lowest BCUT2D eigenvalue weighted by atomic mass is 10.1. The van der Waals surface area contributed by atoms with Gasteiger partial charge in [-0.25, -0.2) is 14.0 Å². The molecule has 1 unspecified atom stereocenters. The zero-order valence-electron chi connectivity index (χ0n) is 22.5. The molecule has 1 saturated heterocycles. The van der Waals surface area contributed by atoms with E-state index in [0.29, 0.717) is 4.90 Å². The number of aliphatic hydroxyl groups is 1. The molecular weight excluding hydrogens is 529 g/mol. The Morgan fingerprint density at radius 3 is 2.37 bits per heavy atom. The van der Waals surface area contributed by atoms with Crippen molar-refractivity contribution in [3.63, 3.8) is 0 Å². The van der Waals surface area contributed by atoms with Gasteiger partial charge >= 0.3 is 24.5 Å². The highest BCUT2D eigenvalue weighted by Gasteiger charge is 2.44. The van der Waals surface area contributed by atoms with Crippen LogP contribution < -0.4 is 19.9 Å². The number of hydrogen-bond acceptors (Lipinski definition) is 5. The molecular formula is C23H23F7N4O4. The Morgan fingerprint density at radius 1 is 1.16 bits per heavy atom. The predicted molar refractivity (Wildman–Crippen MR) is 122 cm³/mol. The van der Waals surface area contributed by atoms with Crippen LogP contribution in [-0.4, -0.2) is 68.4 Å². The molecule has 3 amide bonds. The highest BCUT2D eigenvalue weighted by Crippen LogP contribution is 2.47. The summed E-state index contributed by atoms with van der Waals surface area (Å²) in [6.45, 7) is -4.39. The number of halogens is 7. The first kappa shape index (κ1) is 24.7. The fraction of sp³-hybridized carbons (Fsp3) is 0.391. The van der Waals surface area contributed by atoms with Crippen LogP contribution in [0.1, 0.15) is 15.2 Å². The summed E-state index contributed by atoms with van der Waals surface area (Å²) in [6, 6.07) is 1.88. The Balaban J connectivity index is 2.16. The summed E-state index contributed by atoms with van der Waals surface area (Å²) in [7, 11) is 1.50. The summed E-state index contributed by atoms with van der Waals surface area (Å²) in [5.74, 6) is -2.40. The minimum atomic E-state index is -5.57. The molecule has 208 valence electrons. The Hall–Kier alpha value is -3.59. The van der Waals surface area contributed by atoms with E-state index in [9.17, 15) is 45.4 Å². The second-order valence-electron chi connectivity index (χ2n) is 8.14. The van der Waals surface area contributed by atoms with Gasteiger partial charge in [-0.3, -0.25) is 9.80 Å². The van der Waals surface area contributed by atoms with E-state index in [0.717, 1.165) is 29.2 Å². The van der Waals surface area contributed by atoms with Crippen LogP contribution in [0.25, 0.3) is 0 Å². The summed E-state index contributed by atoms with van der Waals surface area (Å²) in [5, 5.41) is 12.6. The third kappa shape index (κ3) is 6.45. The lowest BCUT2D eigenvalue weighted by molar-refractivity contribution is -0.143. The molecule has 1 aliphatic heterocycles. The van der Waals surface area contributed by atoms with Gasteiger partial charge in [0.2, 0.25) is 0 Å². The van der Waals surface area contributed by atoms with Crippen LogP contribution in [0.4, 0.5) is 51.7 Å². The maximum absolute atomic E-state index is 14.1. The van der Waals surface area contributed by atoms with Crippen molar-refractivity contribution in [2.75, 3.05) is 50.0 Å². The minimum absolute atomic E-state index is 0.0166. The normalized spacial score (nSPS) is 16.7. The molecule has 2 aromatic carbocycles.